The molecule has 2 N–H and O–H groups in total. The van der Waals surface area contributed by atoms with Gasteiger partial charge < -0.3 is 10.6 Å². The van der Waals surface area contributed by atoms with E-state index in [1.165, 1.54) is 0 Å². The largest absolute Gasteiger partial charge is 0.352 e. The van der Waals surface area contributed by atoms with Crippen molar-refractivity contribution >= 4 is 35.7 Å². The summed E-state index contributed by atoms with van der Waals surface area (Å²) >= 11 is 5.88. The number of hydrogen-bond donors (Lipinski definition) is 2. The lowest BCUT2D eigenvalue weighted by Crippen LogP contribution is -2.28. The van der Waals surface area contributed by atoms with E-state index >= 15 is 0 Å². The predicted octanol–water partition coefficient (Wildman–Crippen LogP) is 3.72. The summed E-state index contributed by atoms with van der Waals surface area (Å²) in [5.41, 5.74) is 1.33. The molecule has 1 amide bonds. The van der Waals surface area contributed by atoms with Crippen LogP contribution >= 0.6 is 24.0 Å². The number of benzene rings is 2. The van der Waals surface area contributed by atoms with Gasteiger partial charge in [0, 0.05) is 22.7 Å². The molecule has 3 rings (SSSR count). The van der Waals surface area contributed by atoms with Crippen LogP contribution in [0.25, 0.3) is 0 Å². The fourth-order valence-electron chi connectivity index (χ4n) is 3.08. The van der Waals surface area contributed by atoms with Crippen molar-refractivity contribution in [1.82, 2.24) is 10.6 Å². The number of halogens is 2. The molecule has 0 saturated carbocycles. The molecule has 0 spiro atoms. The van der Waals surface area contributed by atoms with Crippen LogP contribution < -0.4 is 10.6 Å². The third kappa shape index (κ3) is 5.07. The van der Waals surface area contributed by atoms with E-state index in [2.05, 4.69) is 10.6 Å². The topological polar surface area (TPSA) is 58.2 Å². The Kier molecular flexibility index (Phi) is 7.64. The first kappa shape index (κ1) is 20.4. The lowest BCUT2D eigenvalue weighted by molar-refractivity contribution is 0.0940. The maximum atomic E-state index is 12.7. The van der Waals surface area contributed by atoms with Gasteiger partial charge in [-0.25, -0.2) is 0 Å². The number of rotatable bonds is 6. The van der Waals surface area contributed by atoms with Crippen LogP contribution in [0.15, 0.2) is 48.5 Å². The Balaban J connectivity index is 0.00000243. The van der Waals surface area contributed by atoms with Gasteiger partial charge >= 0.3 is 0 Å². The molecule has 4 nitrogen and oxygen atoms in total. The number of carbonyl (C=O) groups is 2. The molecule has 2 aromatic carbocycles. The predicted molar refractivity (Wildman–Crippen MR) is 107 cm³/mol. The average Bonchev–Trinajstić information content (AvgIpc) is 3.15. The third-order valence-electron chi connectivity index (χ3n) is 4.52. The lowest BCUT2D eigenvalue weighted by atomic mass is 9.98. The van der Waals surface area contributed by atoms with E-state index < -0.39 is 0 Å². The minimum absolute atomic E-state index is 0. The molecular formula is C20H22Cl2N2O2. The number of carbonyl (C=O) groups excluding carboxylic acids is 2. The van der Waals surface area contributed by atoms with Gasteiger partial charge in [-0.05, 0) is 62.2 Å². The van der Waals surface area contributed by atoms with Crippen molar-refractivity contribution in [3.63, 3.8) is 0 Å². The van der Waals surface area contributed by atoms with E-state index in [4.69, 9.17) is 11.6 Å². The van der Waals surface area contributed by atoms with Crippen molar-refractivity contribution in [2.45, 2.75) is 12.8 Å². The second-order valence-electron chi connectivity index (χ2n) is 6.29. The second kappa shape index (κ2) is 9.72. The van der Waals surface area contributed by atoms with Crippen molar-refractivity contribution in [2.75, 3.05) is 19.6 Å². The van der Waals surface area contributed by atoms with E-state index in [0.717, 1.165) is 25.9 Å². The first-order chi connectivity index (χ1) is 12.1. The van der Waals surface area contributed by atoms with Crippen LogP contribution in [-0.4, -0.2) is 31.3 Å². The van der Waals surface area contributed by atoms with Gasteiger partial charge in [-0.3, -0.25) is 9.59 Å². The van der Waals surface area contributed by atoms with Gasteiger partial charge in [-0.2, -0.15) is 0 Å². The van der Waals surface area contributed by atoms with Crippen molar-refractivity contribution in [3.05, 3.63) is 70.2 Å². The van der Waals surface area contributed by atoms with Crippen molar-refractivity contribution < 1.29 is 9.59 Å². The Morgan fingerprint density at radius 3 is 2.42 bits per heavy atom. The molecular weight excluding hydrogens is 371 g/mol. The van der Waals surface area contributed by atoms with Gasteiger partial charge in [0.25, 0.3) is 5.91 Å². The van der Waals surface area contributed by atoms with Gasteiger partial charge in [0.2, 0.25) is 0 Å². The van der Waals surface area contributed by atoms with E-state index in [1.54, 1.807) is 48.5 Å². The molecule has 6 heteroatoms. The first-order valence-electron chi connectivity index (χ1n) is 8.53. The Hall–Kier alpha value is -1.88. The summed E-state index contributed by atoms with van der Waals surface area (Å²) in [4.78, 5) is 25.3. The number of nitrogens with one attached hydrogen (secondary N) is 2. The minimum Gasteiger partial charge on any atom is -0.352 e. The fraction of sp³-hybridized carbons (Fsp3) is 0.300. The molecule has 1 atom stereocenters. The molecule has 0 aliphatic carbocycles. The smallest absolute Gasteiger partial charge is 0.252 e. The highest BCUT2D eigenvalue weighted by molar-refractivity contribution is 6.30. The highest BCUT2D eigenvalue weighted by Gasteiger charge is 2.19. The van der Waals surface area contributed by atoms with Crippen LogP contribution in [-0.2, 0) is 0 Å². The van der Waals surface area contributed by atoms with Crippen LogP contribution in [0, 0.1) is 5.92 Å². The molecule has 1 fully saturated rings. The van der Waals surface area contributed by atoms with Crippen molar-refractivity contribution in [2.24, 2.45) is 5.92 Å². The van der Waals surface area contributed by atoms with Gasteiger partial charge in [-0.1, -0.05) is 29.8 Å². The van der Waals surface area contributed by atoms with Crippen molar-refractivity contribution in [3.8, 4) is 0 Å². The fourth-order valence-corrected chi connectivity index (χ4v) is 3.21. The van der Waals surface area contributed by atoms with Crippen molar-refractivity contribution in [1.29, 1.82) is 0 Å². The van der Waals surface area contributed by atoms with Gasteiger partial charge in [0.15, 0.2) is 5.78 Å². The zero-order chi connectivity index (χ0) is 17.6. The first-order valence-corrected chi connectivity index (χ1v) is 8.91. The molecule has 138 valence electrons. The zero-order valence-electron chi connectivity index (χ0n) is 14.3. The van der Waals surface area contributed by atoms with Crippen LogP contribution in [0.1, 0.15) is 39.1 Å². The van der Waals surface area contributed by atoms with E-state index in [0.29, 0.717) is 34.2 Å². The Morgan fingerprint density at radius 2 is 1.77 bits per heavy atom. The van der Waals surface area contributed by atoms with E-state index in [9.17, 15) is 9.59 Å². The standard InChI is InChI=1S/C20H21ClN2O2.ClH/c21-16-7-5-15(6-8-16)19(24)17-3-1-2-4-18(17)20(25)23-12-10-14-9-11-22-13-14;/h1-8,14,22H,9-13H2,(H,23,25);1H. The van der Waals surface area contributed by atoms with Gasteiger partial charge in [0.1, 0.15) is 0 Å². The average molecular weight is 393 g/mol. The van der Waals surface area contributed by atoms with Crippen LogP contribution in [0.3, 0.4) is 0 Å². The highest BCUT2D eigenvalue weighted by Crippen LogP contribution is 2.17. The lowest BCUT2D eigenvalue weighted by Gasteiger charge is -2.12. The molecule has 1 heterocycles. The number of amides is 1. The summed E-state index contributed by atoms with van der Waals surface area (Å²) < 4.78 is 0. The Morgan fingerprint density at radius 1 is 1.08 bits per heavy atom. The number of hydrogen-bond acceptors (Lipinski definition) is 3. The summed E-state index contributed by atoms with van der Waals surface area (Å²) in [5, 5.41) is 6.84. The summed E-state index contributed by atoms with van der Waals surface area (Å²) in [6, 6.07) is 13.6. The molecule has 0 bridgehead atoms. The molecule has 0 aromatic heterocycles. The van der Waals surface area contributed by atoms with Gasteiger partial charge in [-0.15, -0.1) is 12.4 Å². The van der Waals surface area contributed by atoms with Gasteiger partial charge in [0.05, 0.1) is 5.56 Å². The minimum atomic E-state index is -0.205. The number of ketones is 1. The Bertz CT molecular complexity index is 757. The molecule has 0 radical (unpaired) electrons. The maximum Gasteiger partial charge on any atom is 0.252 e. The maximum absolute atomic E-state index is 12.7. The van der Waals surface area contributed by atoms with Crippen LogP contribution in [0.5, 0.6) is 0 Å². The van der Waals surface area contributed by atoms with E-state index in [1.807, 2.05) is 0 Å². The summed E-state index contributed by atoms with van der Waals surface area (Å²) in [7, 11) is 0. The molecule has 26 heavy (non-hydrogen) atoms. The molecule has 1 aliphatic heterocycles. The summed E-state index contributed by atoms with van der Waals surface area (Å²) in [6.45, 7) is 2.69. The summed E-state index contributed by atoms with van der Waals surface area (Å²) in [5.74, 6) is 0.234. The molecule has 2 aromatic rings. The van der Waals surface area contributed by atoms with E-state index in [-0.39, 0.29) is 24.1 Å². The molecule has 1 saturated heterocycles. The van der Waals surface area contributed by atoms with Crippen LogP contribution in [0.4, 0.5) is 0 Å². The molecule has 1 unspecified atom stereocenters. The third-order valence-corrected chi connectivity index (χ3v) is 4.78. The SMILES string of the molecule is Cl.O=C(NCCC1CCNC1)c1ccccc1C(=O)c1ccc(Cl)cc1. The quantitative estimate of drug-likeness (QED) is 0.736. The molecule has 1 aliphatic rings. The normalized spacial score (nSPS) is 16.0. The Labute approximate surface area is 164 Å². The second-order valence-corrected chi connectivity index (χ2v) is 6.72. The van der Waals surface area contributed by atoms with Crippen LogP contribution in [0.2, 0.25) is 5.02 Å². The zero-order valence-corrected chi connectivity index (χ0v) is 15.9. The summed E-state index contributed by atoms with van der Waals surface area (Å²) in [6.07, 6.45) is 2.10. The highest BCUT2D eigenvalue weighted by atomic mass is 35.5. The monoisotopic (exact) mass is 392 g/mol.